The summed E-state index contributed by atoms with van der Waals surface area (Å²) in [5.74, 6) is -0.552. The molecule has 6 heteroatoms. The quantitative estimate of drug-likeness (QED) is 0.824. The highest BCUT2D eigenvalue weighted by atomic mass is 16.5. The molecule has 0 saturated heterocycles. The maximum Gasteiger partial charge on any atom is 0.328 e. The van der Waals surface area contributed by atoms with Crippen molar-refractivity contribution in [3.8, 4) is 0 Å². The summed E-state index contributed by atoms with van der Waals surface area (Å²) in [7, 11) is 1.45. The third-order valence-corrected chi connectivity index (χ3v) is 2.51. The highest BCUT2D eigenvalue weighted by Gasteiger charge is 2.18. The molecule has 0 aliphatic heterocycles. The summed E-state index contributed by atoms with van der Waals surface area (Å²) < 4.78 is 4.86. The summed E-state index contributed by atoms with van der Waals surface area (Å²) >= 11 is 0. The Morgan fingerprint density at radius 2 is 2.28 bits per heavy atom. The number of methoxy groups -OCH3 is 1. The van der Waals surface area contributed by atoms with Crippen LogP contribution in [0.3, 0.4) is 0 Å². The van der Waals surface area contributed by atoms with Gasteiger partial charge in [0.1, 0.15) is 6.04 Å². The lowest BCUT2D eigenvalue weighted by atomic mass is 10.2. The van der Waals surface area contributed by atoms with Crippen molar-refractivity contribution in [2.24, 2.45) is 0 Å². The van der Waals surface area contributed by atoms with Gasteiger partial charge in [-0.1, -0.05) is 24.3 Å². The lowest BCUT2D eigenvalue weighted by Gasteiger charge is -2.14. The molecule has 1 unspecified atom stereocenters. The Balaban J connectivity index is 2.33. The van der Waals surface area contributed by atoms with E-state index in [4.69, 9.17) is 9.84 Å². The van der Waals surface area contributed by atoms with Gasteiger partial charge >= 0.3 is 5.97 Å². The van der Waals surface area contributed by atoms with Crippen molar-refractivity contribution in [1.29, 1.82) is 0 Å². The second kappa shape index (κ2) is 5.42. The number of carboxylic acid groups (broad SMARTS) is 1. The van der Waals surface area contributed by atoms with Gasteiger partial charge in [-0.05, 0) is 0 Å². The van der Waals surface area contributed by atoms with Crippen LogP contribution in [-0.2, 0) is 9.53 Å². The summed E-state index contributed by atoms with van der Waals surface area (Å²) in [5, 5.41) is 21.4. The molecular formula is C12H13N3O3. The van der Waals surface area contributed by atoms with Gasteiger partial charge in [-0.25, -0.2) is 4.79 Å². The van der Waals surface area contributed by atoms with Crippen molar-refractivity contribution < 1.29 is 14.6 Å². The Hall–Kier alpha value is -2.21. The van der Waals surface area contributed by atoms with Crippen LogP contribution >= 0.6 is 0 Å². The van der Waals surface area contributed by atoms with Crippen LogP contribution in [0.1, 0.15) is 0 Å². The highest BCUT2D eigenvalue weighted by molar-refractivity contribution is 5.92. The topological polar surface area (TPSA) is 84.3 Å². The van der Waals surface area contributed by atoms with Gasteiger partial charge in [-0.15, -0.1) is 5.10 Å². The maximum absolute atomic E-state index is 11.0. The number of anilines is 1. The van der Waals surface area contributed by atoms with Crippen molar-refractivity contribution in [3.63, 3.8) is 0 Å². The van der Waals surface area contributed by atoms with Gasteiger partial charge in [0.05, 0.1) is 12.8 Å². The molecule has 0 spiro atoms. The summed E-state index contributed by atoms with van der Waals surface area (Å²) in [5.41, 5.74) is 0. The van der Waals surface area contributed by atoms with Crippen molar-refractivity contribution in [3.05, 3.63) is 30.5 Å². The van der Waals surface area contributed by atoms with Crippen molar-refractivity contribution in [2.45, 2.75) is 6.04 Å². The average molecular weight is 247 g/mol. The zero-order chi connectivity index (χ0) is 13.0. The Morgan fingerprint density at radius 3 is 3.00 bits per heavy atom. The fraction of sp³-hybridized carbons (Fsp3) is 0.250. The van der Waals surface area contributed by atoms with Crippen molar-refractivity contribution >= 4 is 22.6 Å². The van der Waals surface area contributed by atoms with E-state index in [1.165, 1.54) is 7.11 Å². The van der Waals surface area contributed by atoms with Gasteiger partial charge in [-0.2, -0.15) is 5.10 Å². The zero-order valence-corrected chi connectivity index (χ0v) is 9.83. The number of aromatic nitrogens is 2. The first-order valence-corrected chi connectivity index (χ1v) is 5.41. The molecule has 1 aromatic heterocycles. The van der Waals surface area contributed by atoms with Crippen LogP contribution in [0.25, 0.3) is 10.8 Å². The molecule has 0 fully saturated rings. The second-order valence-electron chi connectivity index (χ2n) is 3.77. The fourth-order valence-electron chi connectivity index (χ4n) is 1.64. The molecule has 1 atom stereocenters. The van der Waals surface area contributed by atoms with Crippen molar-refractivity contribution in [2.75, 3.05) is 19.0 Å². The third kappa shape index (κ3) is 2.54. The van der Waals surface area contributed by atoms with E-state index in [9.17, 15) is 4.79 Å². The van der Waals surface area contributed by atoms with Gasteiger partial charge in [0.15, 0.2) is 5.82 Å². The molecule has 0 radical (unpaired) electrons. The number of fused-ring (bicyclic) bond motifs is 1. The molecule has 0 saturated carbocycles. The molecule has 2 N–H and O–H groups in total. The van der Waals surface area contributed by atoms with Crippen LogP contribution in [0.2, 0.25) is 0 Å². The lowest BCUT2D eigenvalue weighted by molar-refractivity contribution is -0.139. The summed E-state index contributed by atoms with van der Waals surface area (Å²) in [6, 6.07) is 6.65. The number of rotatable bonds is 5. The standard InChI is InChI=1S/C12H13N3O3/c1-18-7-10(12(16)17)14-11-9-5-3-2-4-8(9)6-13-15-11/h2-6,10H,7H2,1H3,(H,14,15)(H,16,17). The molecule has 1 heterocycles. The SMILES string of the molecule is COCC(Nc1nncc2ccccc12)C(=O)O. The summed E-state index contributed by atoms with van der Waals surface area (Å²) in [6.07, 6.45) is 1.63. The number of aliphatic carboxylic acids is 1. The monoisotopic (exact) mass is 247 g/mol. The summed E-state index contributed by atoms with van der Waals surface area (Å²) in [4.78, 5) is 11.0. The largest absolute Gasteiger partial charge is 0.480 e. The van der Waals surface area contributed by atoms with Gasteiger partial charge in [0, 0.05) is 17.9 Å². The van der Waals surface area contributed by atoms with Crippen LogP contribution in [0.4, 0.5) is 5.82 Å². The average Bonchev–Trinajstić information content (AvgIpc) is 2.38. The molecule has 0 bridgehead atoms. The number of nitrogens with one attached hydrogen (secondary N) is 1. The minimum atomic E-state index is -0.994. The molecule has 0 amide bonds. The Labute approximate surface area is 104 Å². The minimum Gasteiger partial charge on any atom is -0.480 e. The Bertz CT molecular complexity index is 554. The summed E-state index contributed by atoms with van der Waals surface area (Å²) in [6.45, 7) is 0.0558. The van der Waals surface area contributed by atoms with E-state index in [0.717, 1.165) is 10.8 Å². The first kappa shape index (κ1) is 12.3. The van der Waals surface area contributed by atoms with E-state index in [1.807, 2.05) is 24.3 Å². The molecule has 1 aromatic carbocycles. The molecule has 0 aliphatic carbocycles. The normalized spacial score (nSPS) is 12.3. The molecular weight excluding hydrogens is 234 g/mol. The smallest absolute Gasteiger partial charge is 0.328 e. The number of carbonyl (C=O) groups is 1. The zero-order valence-electron chi connectivity index (χ0n) is 9.83. The molecule has 18 heavy (non-hydrogen) atoms. The predicted molar refractivity (Wildman–Crippen MR) is 66.5 cm³/mol. The Morgan fingerprint density at radius 1 is 1.50 bits per heavy atom. The predicted octanol–water partition coefficient (Wildman–Crippen LogP) is 1.14. The number of nitrogens with zero attached hydrogens (tertiary/aromatic N) is 2. The number of benzene rings is 1. The van der Waals surface area contributed by atoms with Crippen LogP contribution in [0.15, 0.2) is 30.5 Å². The Kier molecular flexibility index (Phi) is 3.69. The fourth-order valence-corrected chi connectivity index (χ4v) is 1.64. The second-order valence-corrected chi connectivity index (χ2v) is 3.77. The lowest BCUT2D eigenvalue weighted by Crippen LogP contribution is -2.34. The molecule has 94 valence electrons. The molecule has 2 rings (SSSR count). The van der Waals surface area contributed by atoms with Gasteiger partial charge in [0.25, 0.3) is 0 Å². The van der Waals surface area contributed by atoms with Crippen LogP contribution in [-0.4, -0.2) is 41.0 Å². The van der Waals surface area contributed by atoms with Gasteiger partial charge < -0.3 is 15.2 Å². The van der Waals surface area contributed by atoms with E-state index in [1.54, 1.807) is 6.20 Å². The van der Waals surface area contributed by atoms with E-state index in [2.05, 4.69) is 15.5 Å². The number of carboxylic acids is 1. The third-order valence-electron chi connectivity index (χ3n) is 2.51. The van der Waals surface area contributed by atoms with Crippen molar-refractivity contribution in [1.82, 2.24) is 10.2 Å². The van der Waals surface area contributed by atoms with E-state index in [-0.39, 0.29) is 6.61 Å². The molecule has 0 aliphatic rings. The molecule has 2 aromatic rings. The number of hydrogen-bond donors (Lipinski definition) is 2. The number of ether oxygens (including phenoxy) is 1. The maximum atomic E-state index is 11.0. The van der Waals surface area contributed by atoms with E-state index in [0.29, 0.717) is 5.82 Å². The first-order chi connectivity index (χ1) is 8.72. The van der Waals surface area contributed by atoms with Crippen LogP contribution < -0.4 is 5.32 Å². The van der Waals surface area contributed by atoms with Gasteiger partial charge in [-0.3, -0.25) is 0 Å². The first-order valence-electron chi connectivity index (χ1n) is 5.41. The van der Waals surface area contributed by atoms with E-state index < -0.39 is 12.0 Å². The van der Waals surface area contributed by atoms with Gasteiger partial charge in [0.2, 0.25) is 0 Å². The van der Waals surface area contributed by atoms with E-state index >= 15 is 0 Å². The van der Waals surface area contributed by atoms with Crippen LogP contribution in [0, 0.1) is 0 Å². The number of hydrogen-bond acceptors (Lipinski definition) is 5. The minimum absolute atomic E-state index is 0.0558. The van der Waals surface area contributed by atoms with Crippen LogP contribution in [0.5, 0.6) is 0 Å². The molecule has 6 nitrogen and oxygen atoms in total. The highest BCUT2D eigenvalue weighted by Crippen LogP contribution is 2.19.